The molecule has 0 radical (unpaired) electrons. The van der Waals surface area contributed by atoms with Crippen LogP contribution in [0.2, 0.25) is 0 Å². The minimum Gasteiger partial charge on any atom is -0.383 e. The van der Waals surface area contributed by atoms with Crippen LogP contribution in [0.5, 0.6) is 0 Å². The van der Waals surface area contributed by atoms with Crippen molar-refractivity contribution >= 4 is 22.8 Å². The number of hydrogen-bond acceptors (Lipinski definition) is 6. The summed E-state index contributed by atoms with van der Waals surface area (Å²) in [4.78, 5) is 16.6. The van der Waals surface area contributed by atoms with Crippen LogP contribution in [-0.4, -0.2) is 30.1 Å². The first-order valence-electron chi connectivity index (χ1n) is 9.06. The van der Waals surface area contributed by atoms with Gasteiger partial charge in [-0.25, -0.2) is 9.97 Å². The summed E-state index contributed by atoms with van der Waals surface area (Å²) in [6.45, 7) is 2.02. The van der Waals surface area contributed by atoms with Crippen molar-refractivity contribution in [2.24, 2.45) is 0 Å². The van der Waals surface area contributed by atoms with Gasteiger partial charge in [0.2, 0.25) is 5.95 Å². The minimum atomic E-state index is -0.0543. The van der Waals surface area contributed by atoms with E-state index in [0.717, 1.165) is 33.7 Å². The molecule has 4 heterocycles. The number of nitrogens with one attached hydrogen (secondary N) is 3. The van der Waals surface area contributed by atoms with Crippen molar-refractivity contribution in [2.75, 3.05) is 11.1 Å². The molecule has 0 aliphatic heterocycles. The van der Waals surface area contributed by atoms with Crippen LogP contribution in [0.3, 0.4) is 0 Å². The smallest absolute Gasteiger partial charge is 0.225 e. The van der Waals surface area contributed by atoms with Crippen LogP contribution in [0, 0.1) is 0 Å². The Kier molecular flexibility index (Phi) is 3.56. The van der Waals surface area contributed by atoms with E-state index in [4.69, 9.17) is 5.73 Å². The van der Waals surface area contributed by atoms with E-state index in [1.54, 1.807) is 6.20 Å². The Morgan fingerprint density at radius 3 is 2.93 bits per heavy atom. The second-order valence-electron chi connectivity index (χ2n) is 6.99. The fourth-order valence-corrected chi connectivity index (χ4v) is 3.20. The number of rotatable bonds is 5. The molecular formula is C19H20N8. The first-order valence-corrected chi connectivity index (χ1v) is 9.06. The molecule has 4 aromatic rings. The van der Waals surface area contributed by atoms with E-state index in [1.165, 1.54) is 12.8 Å². The summed E-state index contributed by atoms with van der Waals surface area (Å²) in [5, 5.41) is 10.7. The highest BCUT2D eigenvalue weighted by atomic mass is 15.2. The highest BCUT2D eigenvalue weighted by molar-refractivity contribution is 5.75. The summed E-state index contributed by atoms with van der Waals surface area (Å²) in [6.07, 6.45) is 6.03. The summed E-state index contributed by atoms with van der Waals surface area (Å²) >= 11 is 0. The molecule has 0 amide bonds. The lowest BCUT2D eigenvalue weighted by atomic mass is 10.2. The fourth-order valence-electron chi connectivity index (χ4n) is 3.20. The zero-order valence-electron chi connectivity index (χ0n) is 14.9. The molecule has 1 aliphatic rings. The van der Waals surface area contributed by atoms with Crippen LogP contribution in [-0.2, 0) is 0 Å². The van der Waals surface area contributed by atoms with Crippen LogP contribution in [0.4, 0.5) is 11.8 Å². The molecule has 8 nitrogen and oxygen atoms in total. The highest BCUT2D eigenvalue weighted by Crippen LogP contribution is 2.40. The summed E-state index contributed by atoms with van der Waals surface area (Å²) < 4.78 is 0. The molecule has 1 fully saturated rings. The van der Waals surface area contributed by atoms with Gasteiger partial charge in [0.25, 0.3) is 0 Å². The number of anilines is 2. The van der Waals surface area contributed by atoms with E-state index in [-0.39, 0.29) is 6.04 Å². The molecule has 27 heavy (non-hydrogen) atoms. The maximum absolute atomic E-state index is 6.16. The quantitative estimate of drug-likeness (QED) is 0.433. The van der Waals surface area contributed by atoms with E-state index in [1.807, 2.05) is 37.4 Å². The predicted octanol–water partition coefficient (Wildman–Crippen LogP) is 3.38. The molecule has 4 aromatic heterocycles. The average molecular weight is 360 g/mol. The Hall–Kier alpha value is -3.42. The molecule has 1 atom stereocenters. The van der Waals surface area contributed by atoms with Gasteiger partial charge >= 0.3 is 0 Å². The molecular weight excluding hydrogens is 340 g/mol. The first-order chi connectivity index (χ1) is 13.2. The Morgan fingerprint density at radius 1 is 1.22 bits per heavy atom. The first kappa shape index (κ1) is 15.8. The van der Waals surface area contributed by atoms with Crippen molar-refractivity contribution in [3.8, 4) is 11.3 Å². The number of nitrogens with two attached hydrogens (primary N) is 1. The van der Waals surface area contributed by atoms with Gasteiger partial charge < -0.3 is 16.0 Å². The zero-order chi connectivity index (χ0) is 18.4. The van der Waals surface area contributed by atoms with Crippen LogP contribution in [0.15, 0.2) is 36.7 Å². The number of aromatic nitrogens is 6. The second kappa shape index (κ2) is 6.08. The molecule has 8 heteroatoms. The Labute approximate surface area is 155 Å². The van der Waals surface area contributed by atoms with Gasteiger partial charge in [-0.15, -0.1) is 0 Å². The van der Waals surface area contributed by atoms with Gasteiger partial charge in [0.15, 0.2) is 0 Å². The van der Waals surface area contributed by atoms with E-state index in [9.17, 15) is 0 Å². The third-order valence-electron chi connectivity index (χ3n) is 4.92. The Bertz CT molecular complexity index is 1110. The SMILES string of the molecule is C[C@H](Nc1ncc(-c2cc(C3CC3)[nH]n2)c(N)n1)c1ccc2[nH]ccc2n1. The standard InChI is InChI=1S/C19H20N8/c1-10(13-4-5-14-15(24-13)6-7-21-14)23-19-22-9-12(18(20)25-19)17-8-16(26-27-17)11-2-3-11/h4-11,21H,2-3H2,1H3,(H,26,27)(H3,20,22,23,25)/t10-/m0/s1. The number of pyridine rings is 1. The summed E-state index contributed by atoms with van der Waals surface area (Å²) in [5.41, 5.74) is 11.7. The van der Waals surface area contributed by atoms with Gasteiger partial charge in [-0.2, -0.15) is 10.1 Å². The number of fused-ring (bicyclic) bond motifs is 1. The number of hydrogen-bond donors (Lipinski definition) is 4. The molecule has 5 N–H and O–H groups in total. The van der Waals surface area contributed by atoms with Crippen molar-refractivity contribution in [1.29, 1.82) is 0 Å². The van der Waals surface area contributed by atoms with Gasteiger partial charge in [-0.1, -0.05) is 0 Å². The Morgan fingerprint density at radius 2 is 2.11 bits per heavy atom. The molecule has 1 aliphatic carbocycles. The number of nitrogen functional groups attached to an aromatic ring is 1. The van der Waals surface area contributed by atoms with E-state index < -0.39 is 0 Å². The van der Waals surface area contributed by atoms with Crippen molar-refractivity contribution in [3.05, 3.63) is 48.0 Å². The lowest BCUT2D eigenvalue weighted by Crippen LogP contribution is -2.12. The van der Waals surface area contributed by atoms with Gasteiger partial charge in [-0.05, 0) is 44.0 Å². The molecule has 0 unspecified atom stereocenters. The lowest BCUT2D eigenvalue weighted by Gasteiger charge is -2.14. The van der Waals surface area contributed by atoms with Crippen LogP contribution in [0.1, 0.15) is 43.1 Å². The van der Waals surface area contributed by atoms with Crippen molar-refractivity contribution in [2.45, 2.75) is 31.7 Å². The van der Waals surface area contributed by atoms with E-state index in [0.29, 0.717) is 17.7 Å². The maximum Gasteiger partial charge on any atom is 0.225 e. The van der Waals surface area contributed by atoms with E-state index in [2.05, 4.69) is 35.5 Å². The average Bonchev–Trinajstić information content (AvgIpc) is 3.21. The third kappa shape index (κ3) is 2.99. The minimum absolute atomic E-state index is 0.0543. The topological polar surface area (TPSA) is 121 Å². The summed E-state index contributed by atoms with van der Waals surface area (Å²) in [7, 11) is 0. The van der Waals surface area contributed by atoms with Crippen LogP contribution < -0.4 is 11.1 Å². The zero-order valence-corrected chi connectivity index (χ0v) is 14.9. The van der Waals surface area contributed by atoms with E-state index >= 15 is 0 Å². The number of H-pyrrole nitrogens is 2. The number of aromatic amines is 2. The third-order valence-corrected chi connectivity index (χ3v) is 4.92. The highest BCUT2D eigenvalue weighted by Gasteiger charge is 2.26. The molecule has 0 spiro atoms. The molecule has 136 valence electrons. The lowest BCUT2D eigenvalue weighted by molar-refractivity contribution is 0.829. The van der Waals surface area contributed by atoms with Gasteiger partial charge in [0, 0.05) is 24.0 Å². The molecule has 0 saturated heterocycles. The van der Waals surface area contributed by atoms with Crippen molar-refractivity contribution in [3.63, 3.8) is 0 Å². The summed E-state index contributed by atoms with van der Waals surface area (Å²) in [6, 6.07) is 7.94. The normalized spacial score (nSPS) is 15.1. The Balaban J connectivity index is 1.36. The second-order valence-corrected chi connectivity index (χ2v) is 6.99. The largest absolute Gasteiger partial charge is 0.383 e. The molecule has 1 saturated carbocycles. The van der Waals surface area contributed by atoms with Gasteiger partial charge in [0.1, 0.15) is 5.82 Å². The van der Waals surface area contributed by atoms with Crippen molar-refractivity contribution in [1.82, 2.24) is 30.1 Å². The predicted molar refractivity (Wildman–Crippen MR) is 104 cm³/mol. The molecule has 5 rings (SSSR count). The van der Waals surface area contributed by atoms with Crippen LogP contribution >= 0.6 is 0 Å². The van der Waals surface area contributed by atoms with Crippen LogP contribution in [0.25, 0.3) is 22.3 Å². The summed E-state index contributed by atoms with van der Waals surface area (Å²) in [5.74, 6) is 1.49. The molecule has 0 bridgehead atoms. The maximum atomic E-state index is 6.16. The monoisotopic (exact) mass is 360 g/mol. The molecule has 0 aromatic carbocycles. The van der Waals surface area contributed by atoms with Gasteiger partial charge in [-0.3, -0.25) is 5.10 Å². The van der Waals surface area contributed by atoms with Crippen molar-refractivity contribution < 1.29 is 0 Å². The number of nitrogens with zero attached hydrogens (tertiary/aromatic N) is 4. The fraction of sp³-hybridized carbons (Fsp3) is 0.263. The van der Waals surface area contributed by atoms with Gasteiger partial charge in [0.05, 0.1) is 34.0 Å².